The van der Waals surface area contributed by atoms with Crippen molar-refractivity contribution >= 4 is 22.4 Å². The highest BCUT2D eigenvalue weighted by atomic mass is 35.5. The van der Waals surface area contributed by atoms with Crippen molar-refractivity contribution < 1.29 is 13.2 Å². The molecule has 132 valence electrons. The van der Waals surface area contributed by atoms with Gasteiger partial charge in [0.25, 0.3) is 0 Å². The lowest BCUT2D eigenvalue weighted by Gasteiger charge is -2.33. The minimum Gasteiger partial charge on any atom is -0.492 e. The Morgan fingerprint density at radius 1 is 1.30 bits per heavy atom. The number of hydrogen-bond acceptors (Lipinski definition) is 5. The molecule has 1 fully saturated rings. The molecular formula is C15H26ClN3O3S. The zero-order valence-corrected chi connectivity index (χ0v) is 15.5. The van der Waals surface area contributed by atoms with Crippen LogP contribution in [0.1, 0.15) is 6.92 Å². The van der Waals surface area contributed by atoms with E-state index in [1.54, 1.807) is 24.3 Å². The summed E-state index contributed by atoms with van der Waals surface area (Å²) in [7, 11) is -0.332. The molecule has 0 bridgehead atoms. The number of benzene rings is 1. The van der Waals surface area contributed by atoms with E-state index in [0.29, 0.717) is 18.4 Å². The summed E-state index contributed by atoms with van der Waals surface area (Å²) >= 11 is 0. The number of halogens is 1. The van der Waals surface area contributed by atoms with Crippen molar-refractivity contribution in [2.45, 2.75) is 17.9 Å². The predicted octanol–water partition coefficient (Wildman–Crippen LogP) is 1.03. The predicted molar refractivity (Wildman–Crippen MR) is 94.0 cm³/mol. The monoisotopic (exact) mass is 363 g/mol. The standard InChI is InChI=1S/C15H25N3O3S.ClH/c1-13-12-16-8-9-18(13)10-11-21-14-4-6-15(7-5-14)22(19,20)17(2)3;/h4-7,13,16H,8-12H2,1-3H3;1H/t13-;/m0./s1. The maximum Gasteiger partial charge on any atom is 0.242 e. The van der Waals surface area contributed by atoms with E-state index in [9.17, 15) is 8.42 Å². The van der Waals surface area contributed by atoms with Crippen LogP contribution in [0.15, 0.2) is 29.2 Å². The van der Waals surface area contributed by atoms with Crippen molar-refractivity contribution in [2.75, 3.05) is 46.9 Å². The maximum atomic E-state index is 12.0. The molecule has 1 heterocycles. The van der Waals surface area contributed by atoms with Crippen molar-refractivity contribution in [1.82, 2.24) is 14.5 Å². The number of ether oxygens (including phenoxy) is 1. The van der Waals surface area contributed by atoms with E-state index in [2.05, 4.69) is 17.1 Å². The van der Waals surface area contributed by atoms with Crippen LogP contribution in [0.4, 0.5) is 0 Å². The van der Waals surface area contributed by atoms with Crippen molar-refractivity contribution in [2.24, 2.45) is 0 Å². The van der Waals surface area contributed by atoms with E-state index in [1.165, 1.54) is 18.4 Å². The first-order valence-corrected chi connectivity index (χ1v) is 8.95. The van der Waals surface area contributed by atoms with Gasteiger partial charge in [-0.3, -0.25) is 4.90 Å². The molecule has 0 aliphatic carbocycles. The summed E-state index contributed by atoms with van der Waals surface area (Å²) < 4.78 is 30.9. The Balaban J connectivity index is 0.00000264. The van der Waals surface area contributed by atoms with Gasteiger partial charge in [-0.2, -0.15) is 0 Å². The number of piperazine rings is 1. The smallest absolute Gasteiger partial charge is 0.242 e. The summed E-state index contributed by atoms with van der Waals surface area (Å²) in [5.74, 6) is 0.695. The van der Waals surface area contributed by atoms with Gasteiger partial charge in [-0.05, 0) is 31.2 Å². The van der Waals surface area contributed by atoms with Crippen molar-refractivity contribution in [3.05, 3.63) is 24.3 Å². The van der Waals surface area contributed by atoms with Gasteiger partial charge in [-0.25, -0.2) is 12.7 Å². The van der Waals surface area contributed by atoms with Crippen LogP contribution in [0, 0.1) is 0 Å². The molecule has 1 aliphatic heterocycles. The summed E-state index contributed by atoms with van der Waals surface area (Å²) in [5, 5.41) is 3.36. The topological polar surface area (TPSA) is 61.9 Å². The van der Waals surface area contributed by atoms with Gasteiger partial charge in [-0.1, -0.05) is 0 Å². The number of sulfonamides is 1. The SMILES string of the molecule is C[C@H]1CNCCN1CCOc1ccc(S(=O)(=O)N(C)C)cc1.Cl. The molecule has 0 spiro atoms. The molecule has 23 heavy (non-hydrogen) atoms. The second-order valence-corrected chi connectivity index (χ2v) is 7.85. The third kappa shape index (κ3) is 5.32. The van der Waals surface area contributed by atoms with Gasteiger partial charge >= 0.3 is 0 Å². The number of nitrogens with one attached hydrogen (secondary N) is 1. The third-order valence-electron chi connectivity index (χ3n) is 3.89. The van der Waals surface area contributed by atoms with Crippen LogP contribution in [0.3, 0.4) is 0 Å². The molecule has 0 unspecified atom stereocenters. The highest BCUT2D eigenvalue weighted by Crippen LogP contribution is 2.18. The molecule has 6 nitrogen and oxygen atoms in total. The van der Waals surface area contributed by atoms with Crippen LogP contribution >= 0.6 is 12.4 Å². The highest BCUT2D eigenvalue weighted by Gasteiger charge is 2.18. The summed E-state index contributed by atoms with van der Waals surface area (Å²) in [6, 6.07) is 7.09. The first kappa shape index (κ1) is 20.2. The number of nitrogens with zero attached hydrogens (tertiary/aromatic N) is 2. The molecule has 1 aromatic carbocycles. The third-order valence-corrected chi connectivity index (χ3v) is 5.72. The van der Waals surface area contributed by atoms with Crippen LogP contribution in [0.25, 0.3) is 0 Å². The van der Waals surface area contributed by atoms with Gasteiger partial charge in [0.2, 0.25) is 10.0 Å². The van der Waals surface area contributed by atoms with Crippen LogP contribution in [-0.4, -0.2) is 70.5 Å². The normalized spacial score (nSPS) is 19.4. The van der Waals surface area contributed by atoms with Crippen LogP contribution in [0.5, 0.6) is 5.75 Å². The molecule has 8 heteroatoms. The summed E-state index contributed by atoms with van der Waals surface area (Å²) in [6.45, 7) is 6.74. The number of hydrogen-bond donors (Lipinski definition) is 1. The summed E-state index contributed by atoms with van der Waals surface area (Å²) in [4.78, 5) is 2.67. The fraction of sp³-hybridized carbons (Fsp3) is 0.600. The Morgan fingerprint density at radius 3 is 2.52 bits per heavy atom. The lowest BCUT2D eigenvalue weighted by atomic mass is 10.2. The molecule has 0 saturated carbocycles. The van der Waals surface area contributed by atoms with Gasteiger partial charge in [0.05, 0.1) is 4.90 Å². The van der Waals surface area contributed by atoms with Gasteiger partial charge in [-0.15, -0.1) is 12.4 Å². The minimum absolute atomic E-state index is 0. The second-order valence-electron chi connectivity index (χ2n) is 5.70. The Kier molecular flexibility index (Phi) is 7.76. The van der Waals surface area contributed by atoms with E-state index < -0.39 is 10.0 Å². The molecule has 1 aliphatic rings. The Bertz CT molecular complexity index is 578. The average Bonchev–Trinajstić information content (AvgIpc) is 2.49. The molecule has 1 N–H and O–H groups in total. The molecule has 1 aromatic rings. The van der Waals surface area contributed by atoms with Crippen LogP contribution in [0.2, 0.25) is 0 Å². The molecular weight excluding hydrogens is 338 g/mol. The van der Waals surface area contributed by atoms with Crippen molar-refractivity contribution in [1.29, 1.82) is 0 Å². The van der Waals surface area contributed by atoms with Crippen LogP contribution < -0.4 is 10.1 Å². The first-order chi connectivity index (χ1) is 10.4. The van der Waals surface area contributed by atoms with Crippen molar-refractivity contribution in [3.8, 4) is 5.75 Å². The Hall–Kier alpha value is -0.860. The zero-order valence-electron chi connectivity index (χ0n) is 13.9. The lowest BCUT2D eigenvalue weighted by Crippen LogP contribution is -2.50. The highest BCUT2D eigenvalue weighted by molar-refractivity contribution is 7.89. The molecule has 1 atom stereocenters. The first-order valence-electron chi connectivity index (χ1n) is 7.51. The Morgan fingerprint density at radius 2 is 1.96 bits per heavy atom. The summed E-state index contributed by atoms with van der Waals surface area (Å²) in [6.07, 6.45) is 0. The minimum atomic E-state index is -3.38. The van der Waals surface area contributed by atoms with Gasteiger partial charge in [0.1, 0.15) is 12.4 Å². The number of rotatable bonds is 6. The van der Waals surface area contributed by atoms with Gasteiger partial charge in [0, 0.05) is 46.3 Å². The Labute approximate surface area is 145 Å². The molecule has 0 amide bonds. The maximum absolute atomic E-state index is 12.0. The largest absolute Gasteiger partial charge is 0.492 e. The molecule has 2 rings (SSSR count). The van der Waals surface area contributed by atoms with Gasteiger partial charge < -0.3 is 10.1 Å². The molecule has 0 radical (unpaired) electrons. The van der Waals surface area contributed by atoms with E-state index >= 15 is 0 Å². The quantitative estimate of drug-likeness (QED) is 0.818. The van der Waals surface area contributed by atoms with E-state index in [0.717, 1.165) is 26.2 Å². The molecule has 0 aromatic heterocycles. The fourth-order valence-corrected chi connectivity index (χ4v) is 3.32. The lowest BCUT2D eigenvalue weighted by molar-refractivity contribution is 0.143. The zero-order chi connectivity index (χ0) is 16.2. The molecule has 1 saturated heterocycles. The second kappa shape index (κ2) is 8.84. The van der Waals surface area contributed by atoms with Gasteiger partial charge in [0.15, 0.2) is 0 Å². The van der Waals surface area contributed by atoms with E-state index in [4.69, 9.17) is 4.74 Å². The fourth-order valence-electron chi connectivity index (χ4n) is 2.41. The average molecular weight is 364 g/mol. The summed E-state index contributed by atoms with van der Waals surface area (Å²) in [5.41, 5.74) is 0. The van der Waals surface area contributed by atoms with Crippen LogP contribution in [-0.2, 0) is 10.0 Å². The van der Waals surface area contributed by atoms with E-state index in [1.807, 2.05) is 0 Å². The van der Waals surface area contributed by atoms with Crippen molar-refractivity contribution in [3.63, 3.8) is 0 Å². The van der Waals surface area contributed by atoms with E-state index in [-0.39, 0.29) is 17.3 Å².